The highest BCUT2D eigenvalue weighted by molar-refractivity contribution is 9.10. The topological polar surface area (TPSA) is 55.6 Å². The van der Waals surface area contributed by atoms with E-state index in [-0.39, 0.29) is 10.6 Å². The van der Waals surface area contributed by atoms with Crippen molar-refractivity contribution in [2.75, 3.05) is 18.0 Å². The first-order valence-electron chi connectivity index (χ1n) is 7.55. The molecule has 3 rings (SSSR count). The fourth-order valence-corrected chi connectivity index (χ4v) is 3.18. The third-order valence-corrected chi connectivity index (χ3v) is 4.53. The van der Waals surface area contributed by atoms with E-state index < -0.39 is 0 Å². The highest BCUT2D eigenvalue weighted by Crippen LogP contribution is 2.39. The van der Waals surface area contributed by atoms with Crippen LogP contribution in [0.2, 0.25) is 0 Å². The zero-order chi connectivity index (χ0) is 16.2. The second-order valence-corrected chi connectivity index (χ2v) is 6.35. The molecule has 0 N–H and O–H groups in total. The lowest BCUT2D eigenvalue weighted by Gasteiger charge is -2.19. The van der Waals surface area contributed by atoms with Crippen molar-refractivity contribution in [2.24, 2.45) is 0 Å². The largest absolute Gasteiger partial charge is 0.488 e. The van der Waals surface area contributed by atoms with Crippen LogP contribution in [0.25, 0.3) is 0 Å². The van der Waals surface area contributed by atoms with Gasteiger partial charge in [-0.3, -0.25) is 10.1 Å². The van der Waals surface area contributed by atoms with Gasteiger partial charge in [0.05, 0.1) is 9.40 Å². The summed E-state index contributed by atoms with van der Waals surface area (Å²) in [4.78, 5) is 13.1. The standard InChI is InChI=1S/C17H17BrN2O3/c18-14-10-16(20(21)22)15(19-8-4-5-9-19)11-17(14)23-12-13-6-2-1-3-7-13/h1-3,6-7,10-11H,4-5,8-9,12H2. The van der Waals surface area contributed by atoms with E-state index in [2.05, 4.69) is 20.8 Å². The normalized spacial score (nSPS) is 14.0. The van der Waals surface area contributed by atoms with Gasteiger partial charge >= 0.3 is 0 Å². The fourth-order valence-electron chi connectivity index (χ4n) is 2.74. The van der Waals surface area contributed by atoms with Crippen molar-refractivity contribution in [1.29, 1.82) is 0 Å². The minimum absolute atomic E-state index is 0.117. The summed E-state index contributed by atoms with van der Waals surface area (Å²) in [5.41, 5.74) is 1.81. The van der Waals surface area contributed by atoms with Crippen molar-refractivity contribution in [3.63, 3.8) is 0 Å². The summed E-state index contributed by atoms with van der Waals surface area (Å²) in [5.74, 6) is 0.626. The van der Waals surface area contributed by atoms with E-state index in [4.69, 9.17) is 4.74 Å². The van der Waals surface area contributed by atoms with Gasteiger partial charge in [-0.2, -0.15) is 0 Å². The van der Waals surface area contributed by atoms with Crippen LogP contribution in [0.4, 0.5) is 11.4 Å². The third-order valence-electron chi connectivity index (χ3n) is 3.91. The lowest BCUT2D eigenvalue weighted by Crippen LogP contribution is -2.19. The molecule has 1 heterocycles. The van der Waals surface area contributed by atoms with E-state index in [9.17, 15) is 10.1 Å². The number of halogens is 1. The zero-order valence-corrected chi connectivity index (χ0v) is 14.2. The van der Waals surface area contributed by atoms with Crippen LogP contribution < -0.4 is 9.64 Å². The van der Waals surface area contributed by atoms with Crippen LogP contribution in [-0.4, -0.2) is 18.0 Å². The number of hydrogen-bond donors (Lipinski definition) is 0. The Kier molecular flexibility index (Phi) is 4.81. The molecular weight excluding hydrogens is 360 g/mol. The van der Waals surface area contributed by atoms with Gasteiger partial charge in [-0.15, -0.1) is 0 Å². The molecule has 23 heavy (non-hydrogen) atoms. The van der Waals surface area contributed by atoms with E-state index in [1.54, 1.807) is 6.07 Å². The molecule has 0 bridgehead atoms. The van der Waals surface area contributed by atoms with Crippen LogP contribution in [0.5, 0.6) is 5.75 Å². The monoisotopic (exact) mass is 376 g/mol. The molecule has 1 saturated heterocycles. The molecule has 0 amide bonds. The van der Waals surface area contributed by atoms with Crippen LogP contribution >= 0.6 is 15.9 Å². The van der Waals surface area contributed by atoms with Gasteiger partial charge in [0.2, 0.25) is 0 Å². The molecule has 2 aromatic carbocycles. The predicted octanol–water partition coefficient (Wildman–Crippen LogP) is 4.54. The highest BCUT2D eigenvalue weighted by Gasteiger charge is 2.24. The van der Waals surface area contributed by atoms with Crippen molar-refractivity contribution in [1.82, 2.24) is 0 Å². The Morgan fingerprint density at radius 3 is 2.52 bits per heavy atom. The fraction of sp³-hybridized carbons (Fsp3) is 0.294. The molecule has 0 unspecified atom stereocenters. The van der Waals surface area contributed by atoms with E-state index in [1.165, 1.54) is 6.07 Å². The molecule has 1 aliphatic rings. The number of rotatable bonds is 5. The molecule has 5 nitrogen and oxygen atoms in total. The van der Waals surface area contributed by atoms with Crippen molar-refractivity contribution in [2.45, 2.75) is 19.4 Å². The molecule has 0 saturated carbocycles. The third kappa shape index (κ3) is 3.64. The molecule has 0 aromatic heterocycles. The summed E-state index contributed by atoms with van der Waals surface area (Å²) >= 11 is 3.38. The number of anilines is 1. The van der Waals surface area contributed by atoms with E-state index in [1.807, 2.05) is 30.3 Å². The van der Waals surface area contributed by atoms with E-state index >= 15 is 0 Å². The smallest absolute Gasteiger partial charge is 0.293 e. The molecule has 2 aromatic rings. The number of nitrogens with zero attached hydrogens (tertiary/aromatic N) is 2. The van der Waals surface area contributed by atoms with Crippen molar-refractivity contribution in [3.8, 4) is 5.75 Å². The average Bonchev–Trinajstić information content (AvgIpc) is 3.08. The Balaban J connectivity index is 1.87. The Bertz CT molecular complexity index is 700. The molecule has 0 radical (unpaired) electrons. The lowest BCUT2D eigenvalue weighted by atomic mass is 10.2. The van der Waals surface area contributed by atoms with Gasteiger partial charge in [0.15, 0.2) is 0 Å². The molecule has 0 aliphatic carbocycles. The second-order valence-electron chi connectivity index (χ2n) is 5.50. The first kappa shape index (κ1) is 15.8. The maximum absolute atomic E-state index is 11.3. The van der Waals surface area contributed by atoms with Crippen LogP contribution in [0.3, 0.4) is 0 Å². The first-order valence-corrected chi connectivity index (χ1v) is 8.34. The van der Waals surface area contributed by atoms with Crippen molar-refractivity contribution < 1.29 is 9.66 Å². The lowest BCUT2D eigenvalue weighted by molar-refractivity contribution is -0.384. The molecule has 6 heteroatoms. The summed E-state index contributed by atoms with van der Waals surface area (Å²) in [7, 11) is 0. The Hall–Kier alpha value is -2.08. The highest BCUT2D eigenvalue weighted by atomic mass is 79.9. The van der Waals surface area contributed by atoms with Gasteiger partial charge < -0.3 is 9.64 Å². The quantitative estimate of drug-likeness (QED) is 0.567. The number of ether oxygens (including phenoxy) is 1. The number of nitro groups is 1. The maximum atomic E-state index is 11.3. The Morgan fingerprint density at radius 1 is 1.17 bits per heavy atom. The van der Waals surface area contributed by atoms with Gasteiger partial charge in [-0.25, -0.2) is 0 Å². The van der Waals surface area contributed by atoms with Gasteiger partial charge in [0, 0.05) is 25.2 Å². The van der Waals surface area contributed by atoms with Gasteiger partial charge in [-0.1, -0.05) is 30.3 Å². The minimum Gasteiger partial charge on any atom is -0.488 e. The summed E-state index contributed by atoms with van der Waals surface area (Å²) in [6.45, 7) is 2.12. The number of hydrogen-bond acceptors (Lipinski definition) is 4. The van der Waals surface area contributed by atoms with Gasteiger partial charge in [0.25, 0.3) is 5.69 Å². The molecule has 0 atom stereocenters. The summed E-state index contributed by atoms with van der Waals surface area (Å²) in [6, 6.07) is 13.2. The second kappa shape index (κ2) is 7.00. The summed E-state index contributed by atoms with van der Waals surface area (Å²) in [6.07, 6.45) is 2.13. The molecule has 120 valence electrons. The summed E-state index contributed by atoms with van der Waals surface area (Å²) < 4.78 is 6.46. The van der Waals surface area contributed by atoms with Crippen LogP contribution in [0, 0.1) is 10.1 Å². The predicted molar refractivity (Wildman–Crippen MR) is 93.0 cm³/mol. The minimum atomic E-state index is -0.334. The van der Waals surface area contributed by atoms with Crippen LogP contribution in [0.1, 0.15) is 18.4 Å². The van der Waals surface area contributed by atoms with Crippen LogP contribution in [0.15, 0.2) is 46.9 Å². The SMILES string of the molecule is O=[N+]([O-])c1cc(Br)c(OCc2ccccc2)cc1N1CCCC1. The van der Waals surface area contributed by atoms with E-state index in [0.717, 1.165) is 31.5 Å². The van der Waals surface area contributed by atoms with Crippen molar-refractivity contribution in [3.05, 3.63) is 62.6 Å². The Morgan fingerprint density at radius 2 is 1.87 bits per heavy atom. The Labute approximate surface area is 143 Å². The number of nitro benzene ring substituents is 1. The summed E-state index contributed by atoms with van der Waals surface area (Å²) in [5, 5.41) is 11.3. The van der Waals surface area contributed by atoms with E-state index in [0.29, 0.717) is 22.5 Å². The zero-order valence-electron chi connectivity index (χ0n) is 12.6. The molecule has 0 spiro atoms. The molecule has 1 aliphatic heterocycles. The molecule has 1 fully saturated rings. The van der Waals surface area contributed by atoms with Crippen molar-refractivity contribution >= 4 is 27.3 Å². The first-order chi connectivity index (χ1) is 11.1. The number of benzene rings is 2. The maximum Gasteiger partial charge on any atom is 0.293 e. The van der Waals surface area contributed by atoms with Crippen LogP contribution in [-0.2, 0) is 6.61 Å². The average molecular weight is 377 g/mol. The van der Waals surface area contributed by atoms with Gasteiger partial charge in [-0.05, 0) is 34.3 Å². The van der Waals surface area contributed by atoms with Gasteiger partial charge in [0.1, 0.15) is 18.0 Å². The molecular formula is C17H17BrN2O3.